The Kier molecular flexibility index (Phi) is 4.55. The molecule has 3 nitrogen and oxygen atoms in total. The molecule has 0 spiro atoms. The predicted octanol–water partition coefficient (Wildman–Crippen LogP) is 2.16. The van der Waals surface area contributed by atoms with E-state index in [1.54, 1.807) is 0 Å². The second-order valence-corrected chi connectivity index (χ2v) is 6.30. The van der Waals surface area contributed by atoms with Gasteiger partial charge in [0.2, 0.25) is 0 Å². The highest BCUT2D eigenvalue weighted by atomic mass is 16.5. The zero-order chi connectivity index (χ0) is 12.2. The number of likely N-dealkylation sites (tertiary alicyclic amines) is 1. The Morgan fingerprint density at radius 2 is 1.83 bits per heavy atom. The minimum absolute atomic E-state index is 0.562. The number of hydrogen-bond donors (Lipinski definition) is 1. The van der Waals surface area contributed by atoms with E-state index in [9.17, 15) is 0 Å². The van der Waals surface area contributed by atoms with E-state index in [0.29, 0.717) is 6.10 Å². The van der Waals surface area contributed by atoms with Crippen LogP contribution in [0.3, 0.4) is 0 Å². The Hall–Kier alpha value is -0.120. The molecule has 0 radical (unpaired) electrons. The highest BCUT2D eigenvalue weighted by molar-refractivity contribution is 4.91. The molecule has 18 heavy (non-hydrogen) atoms. The molecule has 0 aromatic heterocycles. The zero-order valence-corrected chi connectivity index (χ0v) is 11.6. The first-order valence-corrected chi connectivity index (χ1v) is 8.01. The second-order valence-electron chi connectivity index (χ2n) is 6.30. The molecule has 1 saturated heterocycles. The maximum atomic E-state index is 5.95. The summed E-state index contributed by atoms with van der Waals surface area (Å²) in [6, 6.07) is 1.66. The minimum Gasteiger partial charge on any atom is -0.377 e. The Labute approximate surface area is 111 Å². The molecule has 0 bridgehead atoms. The minimum atomic E-state index is 0.562. The van der Waals surface area contributed by atoms with E-state index in [1.165, 1.54) is 64.5 Å². The molecular formula is C15H28N2O. The fraction of sp³-hybridized carbons (Fsp3) is 1.00. The number of nitrogens with zero attached hydrogens (tertiary/aromatic N) is 1. The molecule has 2 aliphatic carbocycles. The lowest BCUT2D eigenvalue weighted by Crippen LogP contribution is -2.35. The van der Waals surface area contributed by atoms with Crippen molar-refractivity contribution in [2.45, 2.75) is 69.6 Å². The summed E-state index contributed by atoms with van der Waals surface area (Å²) >= 11 is 0. The summed E-state index contributed by atoms with van der Waals surface area (Å²) in [6.07, 6.45) is 11.5. The van der Waals surface area contributed by atoms with E-state index in [-0.39, 0.29) is 0 Å². The number of rotatable bonds is 6. The average Bonchev–Trinajstić information content (AvgIpc) is 3.16. The van der Waals surface area contributed by atoms with Gasteiger partial charge in [-0.3, -0.25) is 4.90 Å². The van der Waals surface area contributed by atoms with Gasteiger partial charge in [0.1, 0.15) is 0 Å². The second kappa shape index (κ2) is 6.36. The zero-order valence-electron chi connectivity index (χ0n) is 11.6. The Bertz CT molecular complexity index is 249. The number of nitrogens with one attached hydrogen (secondary N) is 1. The van der Waals surface area contributed by atoms with Crippen LogP contribution in [0.25, 0.3) is 0 Å². The van der Waals surface area contributed by atoms with Gasteiger partial charge in [-0.25, -0.2) is 0 Å². The molecule has 1 aliphatic heterocycles. The van der Waals surface area contributed by atoms with Crippen LogP contribution in [-0.2, 0) is 4.74 Å². The van der Waals surface area contributed by atoms with E-state index < -0.39 is 0 Å². The van der Waals surface area contributed by atoms with Crippen molar-refractivity contribution in [3.05, 3.63) is 0 Å². The fourth-order valence-electron chi connectivity index (χ4n) is 3.45. The van der Waals surface area contributed by atoms with Crippen LogP contribution in [0.5, 0.6) is 0 Å². The van der Waals surface area contributed by atoms with Crippen LogP contribution in [0.4, 0.5) is 0 Å². The van der Waals surface area contributed by atoms with Crippen molar-refractivity contribution in [3.8, 4) is 0 Å². The SMILES string of the molecule is C1CCC(OCCNC2CCN(C3CC3)C2)CC1. The van der Waals surface area contributed by atoms with Crippen LogP contribution in [0.2, 0.25) is 0 Å². The van der Waals surface area contributed by atoms with Gasteiger partial charge < -0.3 is 10.1 Å². The third-order valence-electron chi connectivity index (χ3n) is 4.72. The molecule has 0 amide bonds. The average molecular weight is 252 g/mol. The molecule has 1 atom stereocenters. The smallest absolute Gasteiger partial charge is 0.0594 e. The number of ether oxygens (including phenoxy) is 1. The van der Waals surface area contributed by atoms with E-state index in [4.69, 9.17) is 4.74 Å². The summed E-state index contributed by atoms with van der Waals surface area (Å²) in [6.45, 7) is 4.53. The van der Waals surface area contributed by atoms with E-state index in [0.717, 1.165) is 25.2 Å². The maximum absolute atomic E-state index is 5.95. The number of hydrogen-bond acceptors (Lipinski definition) is 3. The third kappa shape index (κ3) is 3.69. The first-order valence-electron chi connectivity index (χ1n) is 8.01. The molecule has 0 aromatic carbocycles. The highest BCUT2D eigenvalue weighted by Crippen LogP contribution is 2.29. The van der Waals surface area contributed by atoms with Gasteiger partial charge in [-0.1, -0.05) is 19.3 Å². The van der Waals surface area contributed by atoms with Crippen LogP contribution in [0, 0.1) is 0 Å². The van der Waals surface area contributed by atoms with Crippen LogP contribution < -0.4 is 5.32 Å². The first kappa shape index (κ1) is 12.9. The lowest BCUT2D eigenvalue weighted by molar-refractivity contribution is 0.0294. The maximum Gasteiger partial charge on any atom is 0.0594 e. The van der Waals surface area contributed by atoms with Crippen LogP contribution >= 0.6 is 0 Å². The van der Waals surface area contributed by atoms with E-state index in [2.05, 4.69) is 10.2 Å². The summed E-state index contributed by atoms with van der Waals surface area (Å²) in [5.74, 6) is 0. The van der Waals surface area contributed by atoms with Crippen molar-refractivity contribution in [2.75, 3.05) is 26.2 Å². The fourth-order valence-corrected chi connectivity index (χ4v) is 3.45. The molecule has 104 valence electrons. The van der Waals surface area contributed by atoms with Gasteiger partial charge in [-0.15, -0.1) is 0 Å². The van der Waals surface area contributed by atoms with Gasteiger partial charge in [0.15, 0.2) is 0 Å². The third-order valence-corrected chi connectivity index (χ3v) is 4.72. The predicted molar refractivity (Wildman–Crippen MR) is 73.8 cm³/mol. The summed E-state index contributed by atoms with van der Waals surface area (Å²) in [5.41, 5.74) is 0. The van der Waals surface area contributed by atoms with Gasteiger partial charge in [0.05, 0.1) is 12.7 Å². The topological polar surface area (TPSA) is 24.5 Å². The molecular weight excluding hydrogens is 224 g/mol. The highest BCUT2D eigenvalue weighted by Gasteiger charge is 2.33. The summed E-state index contributed by atoms with van der Waals surface area (Å²) < 4.78 is 5.95. The molecule has 3 heteroatoms. The Morgan fingerprint density at radius 1 is 1.00 bits per heavy atom. The Balaban J connectivity index is 1.24. The van der Waals surface area contributed by atoms with Crippen molar-refractivity contribution in [1.29, 1.82) is 0 Å². The quantitative estimate of drug-likeness (QED) is 0.733. The largest absolute Gasteiger partial charge is 0.377 e. The summed E-state index contributed by atoms with van der Waals surface area (Å²) in [5, 5.41) is 3.67. The lowest BCUT2D eigenvalue weighted by Gasteiger charge is -2.22. The molecule has 2 saturated carbocycles. The van der Waals surface area contributed by atoms with Crippen LogP contribution in [0.15, 0.2) is 0 Å². The molecule has 0 aromatic rings. The summed E-state index contributed by atoms with van der Waals surface area (Å²) in [4.78, 5) is 2.67. The molecule has 1 heterocycles. The standard InChI is InChI=1S/C15H28N2O/c1-2-4-15(5-3-1)18-11-9-16-13-8-10-17(12-13)14-6-7-14/h13-16H,1-12H2. The van der Waals surface area contributed by atoms with Crippen LogP contribution in [-0.4, -0.2) is 49.3 Å². The van der Waals surface area contributed by atoms with Gasteiger partial charge in [-0.05, 0) is 32.1 Å². The molecule has 1 unspecified atom stereocenters. The van der Waals surface area contributed by atoms with Gasteiger partial charge in [0, 0.05) is 31.7 Å². The van der Waals surface area contributed by atoms with Crippen LogP contribution in [0.1, 0.15) is 51.4 Å². The molecule has 3 aliphatic rings. The van der Waals surface area contributed by atoms with E-state index in [1.807, 2.05) is 0 Å². The van der Waals surface area contributed by atoms with E-state index >= 15 is 0 Å². The normalized spacial score (nSPS) is 31.0. The molecule has 3 fully saturated rings. The molecule has 1 N–H and O–H groups in total. The summed E-state index contributed by atoms with van der Waals surface area (Å²) in [7, 11) is 0. The van der Waals surface area contributed by atoms with Crippen molar-refractivity contribution in [2.24, 2.45) is 0 Å². The molecule has 3 rings (SSSR count). The van der Waals surface area contributed by atoms with Gasteiger partial charge in [0.25, 0.3) is 0 Å². The van der Waals surface area contributed by atoms with Crippen molar-refractivity contribution >= 4 is 0 Å². The van der Waals surface area contributed by atoms with Gasteiger partial charge in [-0.2, -0.15) is 0 Å². The first-order chi connectivity index (χ1) is 8.92. The van der Waals surface area contributed by atoms with Gasteiger partial charge >= 0.3 is 0 Å². The van der Waals surface area contributed by atoms with Crippen molar-refractivity contribution < 1.29 is 4.74 Å². The Morgan fingerprint density at radius 3 is 2.61 bits per heavy atom. The van der Waals surface area contributed by atoms with Crippen molar-refractivity contribution in [1.82, 2.24) is 10.2 Å². The van der Waals surface area contributed by atoms with Crippen molar-refractivity contribution in [3.63, 3.8) is 0 Å². The lowest BCUT2D eigenvalue weighted by atomic mass is 9.98. The monoisotopic (exact) mass is 252 g/mol.